The van der Waals surface area contributed by atoms with Crippen LogP contribution in [0.4, 0.5) is 0 Å². The highest BCUT2D eigenvalue weighted by atomic mass is 79.9. The topological polar surface area (TPSA) is 9.23 Å². The highest BCUT2D eigenvalue weighted by Crippen LogP contribution is 2.26. The number of hydrogen-bond acceptors (Lipinski definition) is 1. The summed E-state index contributed by atoms with van der Waals surface area (Å²) in [6.45, 7) is 7.36. The van der Waals surface area contributed by atoms with Crippen LogP contribution in [0.1, 0.15) is 32.8 Å². The zero-order valence-electron chi connectivity index (χ0n) is 10.0. The molecular weight excluding hydrogens is 287 g/mol. The van der Waals surface area contributed by atoms with Gasteiger partial charge in [0.15, 0.2) is 0 Å². The van der Waals surface area contributed by atoms with Crippen LogP contribution in [0.3, 0.4) is 0 Å². The Labute approximate surface area is 111 Å². The minimum Gasteiger partial charge on any atom is -0.493 e. The number of ether oxygens (including phenoxy) is 1. The Bertz CT molecular complexity index is 344. The summed E-state index contributed by atoms with van der Waals surface area (Å²) in [5, 5.41) is 0. The van der Waals surface area contributed by atoms with Crippen LogP contribution >= 0.6 is 27.5 Å². The minimum absolute atomic E-state index is 0.302. The van der Waals surface area contributed by atoms with E-state index in [1.807, 2.05) is 18.2 Å². The van der Waals surface area contributed by atoms with Crippen LogP contribution in [0.2, 0.25) is 0 Å². The predicted molar refractivity (Wildman–Crippen MR) is 73.3 cm³/mol. The molecule has 0 fully saturated rings. The minimum atomic E-state index is 0.302. The molecule has 1 aromatic rings. The standard InChI is InChI=1S/C13H18BrClO/c1-13(2,3)6-7-16-12-5-4-11(14)8-10(12)9-15/h4-5,8H,6-7,9H2,1-3H3. The van der Waals surface area contributed by atoms with Gasteiger partial charge in [-0.25, -0.2) is 0 Å². The van der Waals surface area contributed by atoms with Crippen molar-refractivity contribution in [3.8, 4) is 5.75 Å². The summed E-state index contributed by atoms with van der Waals surface area (Å²) in [7, 11) is 0. The Morgan fingerprint density at radius 3 is 2.56 bits per heavy atom. The van der Waals surface area contributed by atoms with Crippen LogP contribution in [-0.4, -0.2) is 6.61 Å². The number of halogens is 2. The molecule has 0 saturated heterocycles. The summed E-state index contributed by atoms with van der Waals surface area (Å²) in [6.07, 6.45) is 1.03. The maximum atomic E-state index is 5.87. The average molecular weight is 306 g/mol. The molecule has 0 unspecified atom stereocenters. The maximum absolute atomic E-state index is 5.87. The van der Waals surface area contributed by atoms with Crippen molar-refractivity contribution in [1.29, 1.82) is 0 Å². The van der Waals surface area contributed by atoms with Gasteiger partial charge in [0.05, 0.1) is 12.5 Å². The van der Waals surface area contributed by atoms with E-state index in [0.717, 1.165) is 28.8 Å². The van der Waals surface area contributed by atoms with Gasteiger partial charge in [-0.15, -0.1) is 11.6 Å². The van der Waals surface area contributed by atoms with Gasteiger partial charge >= 0.3 is 0 Å². The molecule has 0 aliphatic carbocycles. The number of alkyl halides is 1. The third-order valence-electron chi connectivity index (χ3n) is 2.28. The summed E-state index contributed by atoms with van der Waals surface area (Å²) in [4.78, 5) is 0. The van der Waals surface area contributed by atoms with Crippen LogP contribution in [0.25, 0.3) is 0 Å². The maximum Gasteiger partial charge on any atom is 0.123 e. The van der Waals surface area contributed by atoms with Gasteiger partial charge in [0.25, 0.3) is 0 Å². The lowest BCUT2D eigenvalue weighted by Gasteiger charge is -2.19. The van der Waals surface area contributed by atoms with Crippen molar-refractivity contribution in [3.05, 3.63) is 28.2 Å². The van der Waals surface area contributed by atoms with Gasteiger partial charge < -0.3 is 4.74 Å². The third-order valence-corrected chi connectivity index (χ3v) is 3.06. The lowest BCUT2D eigenvalue weighted by atomic mass is 9.93. The van der Waals surface area contributed by atoms with Crippen molar-refractivity contribution in [2.45, 2.75) is 33.1 Å². The van der Waals surface area contributed by atoms with Crippen molar-refractivity contribution in [2.24, 2.45) is 5.41 Å². The summed E-state index contributed by atoms with van der Waals surface area (Å²) >= 11 is 9.29. The van der Waals surface area contributed by atoms with Gasteiger partial charge in [-0.05, 0) is 30.0 Å². The van der Waals surface area contributed by atoms with E-state index in [4.69, 9.17) is 16.3 Å². The molecule has 1 aromatic carbocycles. The van der Waals surface area contributed by atoms with E-state index in [9.17, 15) is 0 Å². The Kier molecular flexibility index (Phi) is 5.13. The number of rotatable bonds is 4. The molecule has 0 aliphatic rings. The van der Waals surface area contributed by atoms with E-state index < -0.39 is 0 Å². The highest BCUT2D eigenvalue weighted by Gasteiger charge is 2.11. The van der Waals surface area contributed by atoms with Crippen LogP contribution in [-0.2, 0) is 5.88 Å². The van der Waals surface area contributed by atoms with Crippen molar-refractivity contribution in [1.82, 2.24) is 0 Å². The Morgan fingerprint density at radius 1 is 1.31 bits per heavy atom. The molecule has 0 aromatic heterocycles. The Morgan fingerprint density at radius 2 is 2.00 bits per heavy atom. The van der Waals surface area contributed by atoms with Gasteiger partial charge in [0, 0.05) is 10.0 Å². The summed E-state index contributed by atoms with van der Waals surface area (Å²) < 4.78 is 6.79. The molecule has 0 saturated carbocycles. The molecule has 0 atom stereocenters. The van der Waals surface area contributed by atoms with Gasteiger partial charge in [-0.3, -0.25) is 0 Å². The lowest BCUT2D eigenvalue weighted by molar-refractivity contribution is 0.242. The second kappa shape index (κ2) is 5.92. The van der Waals surface area contributed by atoms with Crippen LogP contribution in [0.15, 0.2) is 22.7 Å². The van der Waals surface area contributed by atoms with Crippen LogP contribution in [0, 0.1) is 5.41 Å². The summed E-state index contributed by atoms with van der Waals surface area (Å²) in [5.41, 5.74) is 1.33. The molecule has 1 nitrogen and oxygen atoms in total. The van der Waals surface area contributed by atoms with Gasteiger partial charge in [0.1, 0.15) is 5.75 Å². The van der Waals surface area contributed by atoms with E-state index in [1.54, 1.807) is 0 Å². The molecule has 0 amide bonds. The van der Waals surface area contributed by atoms with Crippen LogP contribution < -0.4 is 4.74 Å². The zero-order chi connectivity index (χ0) is 12.2. The van der Waals surface area contributed by atoms with E-state index in [-0.39, 0.29) is 0 Å². The smallest absolute Gasteiger partial charge is 0.123 e. The van der Waals surface area contributed by atoms with Crippen molar-refractivity contribution < 1.29 is 4.74 Å². The van der Waals surface area contributed by atoms with Gasteiger partial charge in [-0.1, -0.05) is 36.7 Å². The summed E-state index contributed by atoms with van der Waals surface area (Å²) in [6, 6.07) is 5.94. The number of hydrogen-bond donors (Lipinski definition) is 0. The monoisotopic (exact) mass is 304 g/mol. The fraction of sp³-hybridized carbons (Fsp3) is 0.538. The van der Waals surface area contributed by atoms with Gasteiger partial charge in [0.2, 0.25) is 0 Å². The SMILES string of the molecule is CC(C)(C)CCOc1ccc(Br)cc1CCl. The first-order chi connectivity index (χ1) is 7.42. The van der Waals surface area contributed by atoms with Crippen LogP contribution in [0.5, 0.6) is 5.75 Å². The molecule has 0 spiro atoms. The molecule has 90 valence electrons. The predicted octanol–water partition coefficient (Wildman–Crippen LogP) is 5.00. The highest BCUT2D eigenvalue weighted by molar-refractivity contribution is 9.10. The average Bonchev–Trinajstić information content (AvgIpc) is 2.18. The molecular formula is C13H18BrClO. The van der Waals surface area contributed by atoms with E-state index in [1.165, 1.54) is 0 Å². The molecule has 0 N–H and O–H groups in total. The van der Waals surface area contributed by atoms with Crippen molar-refractivity contribution >= 4 is 27.5 Å². The first-order valence-corrected chi connectivity index (χ1v) is 6.72. The molecule has 3 heteroatoms. The second-order valence-electron chi connectivity index (χ2n) is 5.04. The first kappa shape index (κ1) is 13.9. The Balaban J connectivity index is 2.60. The molecule has 0 bridgehead atoms. The molecule has 0 radical (unpaired) electrons. The Hall–Kier alpha value is -0.210. The van der Waals surface area contributed by atoms with E-state index in [2.05, 4.69) is 36.7 Å². The molecule has 0 aliphatic heterocycles. The molecule has 16 heavy (non-hydrogen) atoms. The van der Waals surface area contributed by atoms with E-state index in [0.29, 0.717) is 11.3 Å². The zero-order valence-corrected chi connectivity index (χ0v) is 12.4. The third kappa shape index (κ3) is 4.75. The summed E-state index contributed by atoms with van der Waals surface area (Å²) in [5.74, 6) is 1.37. The lowest BCUT2D eigenvalue weighted by Crippen LogP contribution is -2.11. The fourth-order valence-electron chi connectivity index (χ4n) is 1.26. The number of benzene rings is 1. The van der Waals surface area contributed by atoms with Crippen molar-refractivity contribution in [3.63, 3.8) is 0 Å². The quantitative estimate of drug-likeness (QED) is 0.711. The fourth-order valence-corrected chi connectivity index (χ4v) is 1.88. The van der Waals surface area contributed by atoms with Crippen molar-refractivity contribution in [2.75, 3.05) is 6.61 Å². The largest absolute Gasteiger partial charge is 0.493 e. The molecule has 1 rings (SSSR count). The second-order valence-corrected chi connectivity index (χ2v) is 6.23. The normalized spacial score (nSPS) is 11.6. The van der Waals surface area contributed by atoms with E-state index >= 15 is 0 Å². The molecule has 0 heterocycles. The first-order valence-electron chi connectivity index (χ1n) is 5.39. The van der Waals surface area contributed by atoms with Gasteiger partial charge in [-0.2, -0.15) is 0 Å².